The van der Waals surface area contributed by atoms with E-state index in [0.29, 0.717) is 43.1 Å². The number of hydrogen-bond acceptors (Lipinski definition) is 11. The van der Waals surface area contributed by atoms with Crippen LogP contribution in [-0.2, 0) is 32.7 Å². The summed E-state index contributed by atoms with van der Waals surface area (Å²) in [5.74, 6) is -1.45. The number of nitrogens with zero attached hydrogens (tertiary/aromatic N) is 1. The maximum absolute atomic E-state index is 12.8. The summed E-state index contributed by atoms with van der Waals surface area (Å²) in [6.07, 6.45) is 35.5. The van der Waals surface area contributed by atoms with Gasteiger partial charge in [-0.3, -0.25) is 14.2 Å². The molecule has 0 heterocycles. The summed E-state index contributed by atoms with van der Waals surface area (Å²) in [6.45, 7) is 3.85. The Hall–Kier alpha value is -1.89. The number of phosphoric ester groups is 1. The lowest BCUT2D eigenvalue weighted by atomic mass is 9.89. The molecule has 13 heteroatoms. The highest BCUT2D eigenvalue weighted by Gasteiger charge is 2.39. The molecule has 12 nitrogen and oxygen atoms in total. The second-order valence-corrected chi connectivity index (χ2v) is 20.2. The highest BCUT2D eigenvalue weighted by molar-refractivity contribution is 7.45. The SMILES string of the molecule is CCCCCCCC/C=C\CCCCCCCCCCCC(=O)OC[C@H](COP(=O)([O-])OCC[N+](C)(C)C)OC(=O)CCC/C=C/C[C@@H]1[C@@H](/C=C/[C@@H](O)CCCCC)[C@H](O)C[C@@H]1O. The van der Waals surface area contributed by atoms with Crippen molar-refractivity contribution in [3.63, 3.8) is 0 Å². The van der Waals surface area contributed by atoms with Gasteiger partial charge in [0.15, 0.2) is 6.10 Å². The van der Waals surface area contributed by atoms with Crippen molar-refractivity contribution in [2.24, 2.45) is 11.8 Å². The number of allylic oxidation sites excluding steroid dienone is 4. The van der Waals surface area contributed by atoms with Crippen molar-refractivity contribution in [1.82, 2.24) is 0 Å². The van der Waals surface area contributed by atoms with Gasteiger partial charge in [0.1, 0.15) is 19.8 Å². The number of carbonyl (C=O) groups is 2. The maximum atomic E-state index is 12.8. The van der Waals surface area contributed by atoms with Crippen LogP contribution in [0.15, 0.2) is 36.5 Å². The molecule has 7 atom stereocenters. The number of aliphatic hydroxyl groups excluding tert-OH is 3. The van der Waals surface area contributed by atoms with Crippen LogP contribution in [0.4, 0.5) is 0 Å². The van der Waals surface area contributed by atoms with E-state index in [0.717, 1.165) is 38.5 Å². The normalized spacial score (nSPS) is 20.2. The molecule has 0 radical (unpaired) electrons. The van der Waals surface area contributed by atoms with Gasteiger partial charge in [-0.05, 0) is 63.7 Å². The van der Waals surface area contributed by atoms with Crippen molar-refractivity contribution in [3.8, 4) is 0 Å². The number of hydrogen-bond donors (Lipinski definition) is 3. The number of unbranched alkanes of at least 4 members (excludes halogenated alkanes) is 18. The molecule has 0 spiro atoms. The van der Waals surface area contributed by atoms with E-state index in [4.69, 9.17) is 18.5 Å². The summed E-state index contributed by atoms with van der Waals surface area (Å²) in [5, 5.41) is 31.4. The summed E-state index contributed by atoms with van der Waals surface area (Å²) in [7, 11) is 1.02. The molecule has 0 saturated heterocycles. The van der Waals surface area contributed by atoms with Gasteiger partial charge < -0.3 is 43.2 Å². The van der Waals surface area contributed by atoms with Crippen molar-refractivity contribution < 1.29 is 57.4 Å². The molecule has 1 fully saturated rings. The summed E-state index contributed by atoms with van der Waals surface area (Å²) >= 11 is 0. The first-order chi connectivity index (χ1) is 30.2. The molecule has 0 aromatic carbocycles. The van der Waals surface area contributed by atoms with Crippen LogP contribution >= 0.6 is 7.82 Å². The lowest BCUT2D eigenvalue weighted by Gasteiger charge is -2.28. The number of rotatable bonds is 41. The summed E-state index contributed by atoms with van der Waals surface area (Å²) in [6, 6.07) is 0. The Morgan fingerprint density at radius 3 is 1.86 bits per heavy atom. The van der Waals surface area contributed by atoms with E-state index >= 15 is 0 Å². The number of esters is 2. The third-order valence-corrected chi connectivity index (χ3v) is 12.7. The number of ether oxygens (including phenoxy) is 2. The minimum absolute atomic E-state index is 0.0482. The van der Waals surface area contributed by atoms with E-state index in [2.05, 4.69) is 26.0 Å². The monoisotopic (exact) mass is 914 g/mol. The highest BCUT2D eigenvalue weighted by atomic mass is 31.2. The fourth-order valence-electron chi connectivity index (χ4n) is 7.70. The van der Waals surface area contributed by atoms with Crippen LogP contribution in [0.25, 0.3) is 0 Å². The number of aliphatic hydroxyl groups is 3. The fourth-order valence-corrected chi connectivity index (χ4v) is 8.43. The molecule has 1 rings (SSSR count). The van der Waals surface area contributed by atoms with Gasteiger partial charge in [-0.15, -0.1) is 0 Å². The zero-order valence-electron chi connectivity index (χ0n) is 40.4. The molecule has 0 aromatic heterocycles. The van der Waals surface area contributed by atoms with Crippen molar-refractivity contribution in [2.75, 3.05) is 47.5 Å². The smallest absolute Gasteiger partial charge is 0.306 e. The van der Waals surface area contributed by atoms with Crippen LogP contribution < -0.4 is 4.89 Å². The van der Waals surface area contributed by atoms with Gasteiger partial charge >= 0.3 is 11.9 Å². The second-order valence-electron chi connectivity index (χ2n) is 18.8. The zero-order chi connectivity index (χ0) is 46.6. The molecule has 1 aliphatic rings. The van der Waals surface area contributed by atoms with Gasteiger partial charge in [-0.2, -0.15) is 0 Å². The molecule has 0 aliphatic heterocycles. The van der Waals surface area contributed by atoms with Crippen LogP contribution in [0.5, 0.6) is 0 Å². The average Bonchev–Trinajstić information content (AvgIpc) is 3.50. The second kappa shape index (κ2) is 37.2. The van der Waals surface area contributed by atoms with E-state index in [9.17, 15) is 34.4 Å². The predicted molar refractivity (Wildman–Crippen MR) is 252 cm³/mol. The Bertz CT molecular complexity index is 1290. The lowest BCUT2D eigenvalue weighted by molar-refractivity contribution is -0.870. The fraction of sp³-hybridized carbons (Fsp3) is 0.840. The average molecular weight is 914 g/mol. The van der Waals surface area contributed by atoms with Gasteiger partial charge in [-0.25, -0.2) is 0 Å². The van der Waals surface area contributed by atoms with Gasteiger partial charge in [0.25, 0.3) is 7.82 Å². The number of quaternary nitrogens is 1. The number of carbonyl (C=O) groups excluding carboxylic acids is 2. The molecule has 3 N–H and O–H groups in total. The van der Waals surface area contributed by atoms with E-state index < -0.39 is 50.8 Å². The van der Waals surface area contributed by atoms with Crippen LogP contribution in [-0.4, -0.2) is 104 Å². The third-order valence-electron chi connectivity index (χ3n) is 11.7. The van der Waals surface area contributed by atoms with Crippen LogP contribution in [0, 0.1) is 11.8 Å². The molecule has 1 saturated carbocycles. The third kappa shape index (κ3) is 34.1. The van der Waals surface area contributed by atoms with Crippen LogP contribution in [0.3, 0.4) is 0 Å². The maximum Gasteiger partial charge on any atom is 0.306 e. The van der Waals surface area contributed by atoms with Crippen molar-refractivity contribution in [1.29, 1.82) is 0 Å². The van der Waals surface area contributed by atoms with Crippen molar-refractivity contribution in [3.05, 3.63) is 36.5 Å². The molecule has 0 aromatic rings. The first-order valence-corrected chi connectivity index (χ1v) is 26.4. The molecular weight excluding hydrogens is 822 g/mol. The molecule has 368 valence electrons. The van der Waals surface area contributed by atoms with Crippen molar-refractivity contribution >= 4 is 19.8 Å². The van der Waals surface area contributed by atoms with Crippen LogP contribution in [0.2, 0.25) is 0 Å². The standard InChI is InChI=1S/C50H92NO11P/c1-6-8-10-11-12-13-14-15-16-17-18-19-20-21-22-23-24-25-30-34-49(55)59-41-44(42-61-63(57,58)60-39-38-51(3,4)5)62-50(56)35-31-27-26-29-33-45-46(48(54)40-47(45)53)37-36-43(52)32-28-9-7-2/h15-16,26,29,36-37,43-48,52-54H,6-14,17-25,27-28,30-35,38-42H2,1-5H3/b16-15-,29-26+,37-36+/t43-,44+,45+,46+,47-,48+/m0/s1. The molecule has 0 amide bonds. The quantitative estimate of drug-likeness (QED) is 0.0175. The molecular formula is C50H92NO11P. The largest absolute Gasteiger partial charge is 0.756 e. The molecule has 1 aliphatic carbocycles. The lowest BCUT2D eigenvalue weighted by Crippen LogP contribution is -2.37. The Balaban J connectivity index is 2.43. The minimum atomic E-state index is -4.70. The van der Waals surface area contributed by atoms with E-state index in [1.165, 1.54) is 83.5 Å². The molecule has 1 unspecified atom stereocenters. The Kier molecular flexibility index (Phi) is 34.9. The van der Waals surface area contributed by atoms with Gasteiger partial charge in [0.2, 0.25) is 0 Å². The van der Waals surface area contributed by atoms with E-state index in [-0.39, 0.29) is 44.3 Å². The summed E-state index contributed by atoms with van der Waals surface area (Å²) in [5.41, 5.74) is 0. The molecule has 63 heavy (non-hydrogen) atoms. The summed E-state index contributed by atoms with van der Waals surface area (Å²) < 4.78 is 33.9. The summed E-state index contributed by atoms with van der Waals surface area (Å²) in [4.78, 5) is 37.9. The predicted octanol–water partition coefficient (Wildman–Crippen LogP) is 10.2. The van der Waals surface area contributed by atoms with Crippen LogP contribution in [0.1, 0.15) is 187 Å². The van der Waals surface area contributed by atoms with Gasteiger partial charge in [0.05, 0.1) is 46.1 Å². The number of likely N-dealkylation sites (N-methyl/N-ethyl adjacent to an activating group) is 1. The topological polar surface area (TPSA) is 172 Å². The Morgan fingerprint density at radius 2 is 1.24 bits per heavy atom. The van der Waals surface area contributed by atoms with Gasteiger partial charge in [-0.1, -0.05) is 147 Å². The first-order valence-electron chi connectivity index (χ1n) is 25.0. The Labute approximate surface area is 383 Å². The van der Waals surface area contributed by atoms with Crippen molar-refractivity contribution in [2.45, 2.75) is 212 Å². The van der Waals surface area contributed by atoms with Gasteiger partial charge in [0, 0.05) is 25.2 Å². The number of phosphoric acid groups is 1. The highest BCUT2D eigenvalue weighted by Crippen LogP contribution is 2.39. The van der Waals surface area contributed by atoms with E-state index in [1.54, 1.807) is 6.08 Å². The first kappa shape index (κ1) is 59.1. The zero-order valence-corrected chi connectivity index (χ0v) is 41.2. The minimum Gasteiger partial charge on any atom is -0.756 e. The van der Waals surface area contributed by atoms with E-state index in [1.807, 2.05) is 39.4 Å². The molecule has 0 bridgehead atoms. The Morgan fingerprint density at radius 1 is 0.698 bits per heavy atom.